The number of nitrogens with zero attached hydrogens (tertiary/aromatic N) is 1. The Morgan fingerprint density at radius 1 is 1.45 bits per heavy atom. The maximum absolute atomic E-state index is 13.6. The van der Waals surface area contributed by atoms with Crippen molar-refractivity contribution in [3.05, 3.63) is 30.3 Å². The molecule has 1 amide bonds. The number of benzene rings is 1. The predicted molar refractivity (Wildman–Crippen MR) is 72.3 cm³/mol. The van der Waals surface area contributed by atoms with Gasteiger partial charge in [0.2, 0.25) is 0 Å². The van der Waals surface area contributed by atoms with Crippen LogP contribution in [0.2, 0.25) is 0 Å². The number of alkyl halides is 1. The number of nitrogens with one attached hydrogen (secondary N) is 2. The number of anilines is 1. The lowest BCUT2D eigenvalue weighted by atomic mass is 10.1. The molecule has 1 aliphatic carbocycles. The third-order valence-corrected chi connectivity index (χ3v) is 3.31. The van der Waals surface area contributed by atoms with Gasteiger partial charge in [0.25, 0.3) is 5.91 Å². The van der Waals surface area contributed by atoms with Gasteiger partial charge in [-0.05, 0) is 25.0 Å². The summed E-state index contributed by atoms with van der Waals surface area (Å²) in [6.45, 7) is 0. The molecule has 0 spiro atoms. The van der Waals surface area contributed by atoms with Crippen LogP contribution >= 0.6 is 0 Å². The van der Waals surface area contributed by atoms with Crippen molar-refractivity contribution in [2.75, 3.05) is 12.4 Å². The second-order valence-corrected chi connectivity index (χ2v) is 4.79. The lowest BCUT2D eigenvalue weighted by Crippen LogP contribution is -2.25. The SMILES string of the molecule is COc1ccccc1-c1cc(NC(=O)C2(F)CC2)n[nH]1. The summed E-state index contributed by atoms with van der Waals surface area (Å²) < 4.78 is 18.8. The molecule has 2 aromatic rings. The molecule has 104 valence electrons. The molecule has 5 nitrogen and oxygen atoms in total. The Morgan fingerprint density at radius 3 is 2.90 bits per heavy atom. The largest absolute Gasteiger partial charge is 0.496 e. The van der Waals surface area contributed by atoms with Gasteiger partial charge in [0.05, 0.1) is 12.8 Å². The van der Waals surface area contributed by atoms with Gasteiger partial charge in [-0.3, -0.25) is 9.89 Å². The summed E-state index contributed by atoms with van der Waals surface area (Å²) in [5, 5.41) is 9.25. The van der Waals surface area contributed by atoms with Gasteiger partial charge in [0.1, 0.15) is 5.75 Å². The number of aromatic nitrogens is 2. The molecule has 0 unspecified atom stereocenters. The average Bonchev–Trinajstić information content (AvgIpc) is 3.05. The van der Waals surface area contributed by atoms with Crippen molar-refractivity contribution in [2.45, 2.75) is 18.5 Å². The van der Waals surface area contributed by atoms with Crippen molar-refractivity contribution in [2.24, 2.45) is 0 Å². The van der Waals surface area contributed by atoms with Gasteiger partial charge in [0.15, 0.2) is 11.5 Å². The maximum atomic E-state index is 13.6. The summed E-state index contributed by atoms with van der Waals surface area (Å²) >= 11 is 0. The number of ether oxygens (including phenoxy) is 1. The Hall–Kier alpha value is -2.37. The molecule has 0 bridgehead atoms. The summed E-state index contributed by atoms with van der Waals surface area (Å²) in [5.74, 6) is 0.369. The van der Waals surface area contributed by atoms with Crippen LogP contribution in [0.5, 0.6) is 5.75 Å². The lowest BCUT2D eigenvalue weighted by molar-refractivity contribution is -0.122. The molecule has 6 heteroatoms. The molecule has 0 aliphatic heterocycles. The Balaban J connectivity index is 1.81. The van der Waals surface area contributed by atoms with Gasteiger partial charge in [-0.25, -0.2) is 4.39 Å². The molecule has 1 aromatic carbocycles. The molecule has 20 heavy (non-hydrogen) atoms. The second-order valence-electron chi connectivity index (χ2n) is 4.79. The first kappa shape index (κ1) is 12.7. The molecule has 1 aromatic heterocycles. The van der Waals surface area contributed by atoms with Gasteiger partial charge in [-0.2, -0.15) is 5.10 Å². The van der Waals surface area contributed by atoms with Crippen molar-refractivity contribution in [1.29, 1.82) is 0 Å². The summed E-state index contributed by atoms with van der Waals surface area (Å²) in [5.41, 5.74) is -0.186. The summed E-state index contributed by atoms with van der Waals surface area (Å²) in [6.07, 6.45) is 0.561. The number of amides is 1. The Bertz CT molecular complexity index is 649. The van der Waals surface area contributed by atoms with Gasteiger partial charge in [0, 0.05) is 11.6 Å². The minimum atomic E-state index is -1.70. The van der Waals surface area contributed by atoms with E-state index >= 15 is 0 Å². The lowest BCUT2D eigenvalue weighted by Gasteiger charge is -2.05. The molecular formula is C14H14FN3O2. The fraction of sp³-hybridized carbons (Fsp3) is 0.286. The average molecular weight is 275 g/mol. The van der Waals surface area contributed by atoms with Crippen LogP contribution in [-0.2, 0) is 4.79 Å². The molecule has 0 radical (unpaired) electrons. The van der Waals surface area contributed by atoms with E-state index in [9.17, 15) is 9.18 Å². The number of H-pyrrole nitrogens is 1. The van der Waals surface area contributed by atoms with E-state index in [1.165, 1.54) is 0 Å². The van der Waals surface area contributed by atoms with E-state index < -0.39 is 11.6 Å². The van der Waals surface area contributed by atoms with E-state index in [0.717, 1.165) is 5.56 Å². The molecule has 1 aliphatic rings. The van der Waals surface area contributed by atoms with Crippen LogP contribution in [0.3, 0.4) is 0 Å². The Kier molecular flexibility index (Phi) is 2.93. The number of halogens is 1. The number of para-hydroxylation sites is 1. The van der Waals surface area contributed by atoms with Crippen LogP contribution < -0.4 is 10.1 Å². The Labute approximate surface area is 115 Å². The van der Waals surface area contributed by atoms with Crippen LogP contribution in [0.15, 0.2) is 30.3 Å². The standard InChI is InChI=1S/C14H14FN3O2/c1-20-11-5-3-2-4-9(11)10-8-12(18-17-10)16-13(19)14(15)6-7-14/h2-5,8H,6-7H2,1H3,(H2,16,17,18,19). The minimum Gasteiger partial charge on any atom is -0.496 e. The molecule has 1 fully saturated rings. The highest BCUT2D eigenvalue weighted by Gasteiger charge is 2.51. The van der Waals surface area contributed by atoms with Crippen molar-refractivity contribution < 1.29 is 13.9 Å². The van der Waals surface area contributed by atoms with E-state index in [1.807, 2.05) is 24.3 Å². The molecule has 3 rings (SSSR count). The van der Waals surface area contributed by atoms with Gasteiger partial charge in [-0.1, -0.05) is 12.1 Å². The number of hydrogen-bond acceptors (Lipinski definition) is 3. The molecule has 1 saturated carbocycles. The Morgan fingerprint density at radius 2 is 2.20 bits per heavy atom. The minimum absolute atomic E-state index is 0.280. The number of rotatable bonds is 4. The van der Waals surface area contributed by atoms with E-state index in [0.29, 0.717) is 17.3 Å². The number of carbonyl (C=O) groups is 1. The molecular weight excluding hydrogens is 261 g/mol. The maximum Gasteiger partial charge on any atom is 0.263 e. The highest BCUT2D eigenvalue weighted by atomic mass is 19.1. The zero-order valence-electron chi connectivity index (χ0n) is 10.9. The van der Waals surface area contributed by atoms with E-state index in [2.05, 4.69) is 15.5 Å². The van der Waals surface area contributed by atoms with Crippen LogP contribution in [-0.4, -0.2) is 28.9 Å². The van der Waals surface area contributed by atoms with Gasteiger partial charge < -0.3 is 10.1 Å². The number of aromatic amines is 1. The van der Waals surface area contributed by atoms with Crippen molar-refractivity contribution >= 4 is 11.7 Å². The summed E-state index contributed by atoms with van der Waals surface area (Å²) in [7, 11) is 1.58. The quantitative estimate of drug-likeness (QED) is 0.901. The number of hydrogen-bond donors (Lipinski definition) is 2. The van der Waals surface area contributed by atoms with Gasteiger partial charge >= 0.3 is 0 Å². The first-order valence-corrected chi connectivity index (χ1v) is 6.31. The zero-order valence-corrected chi connectivity index (χ0v) is 10.9. The highest BCUT2D eigenvalue weighted by molar-refractivity contribution is 5.98. The van der Waals surface area contributed by atoms with E-state index in [-0.39, 0.29) is 12.8 Å². The second kappa shape index (κ2) is 4.63. The zero-order chi connectivity index (χ0) is 14.2. The smallest absolute Gasteiger partial charge is 0.263 e. The molecule has 0 atom stereocenters. The molecule has 0 saturated heterocycles. The summed E-state index contributed by atoms with van der Waals surface area (Å²) in [6, 6.07) is 9.09. The molecule has 2 N–H and O–H groups in total. The first-order valence-electron chi connectivity index (χ1n) is 6.31. The fourth-order valence-electron chi connectivity index (χ4n) is 1.96. The van der Waals surface area contributed by atoms with Crippen molar-refractivity contribution in [3.63, 3.8) is 0 Å². The highest BCUT2D eigenvalue weighted by Crippen LogP contribution is 2.40. The fourth-order valence-corrected chi connectivity index (χ4v) is 1.96. The normalized spacial score (nSPS) is 15.7. The van der Waals surface area contributed by atoms with E-state index in [1.54, 1.807) is 13.2 Å². The van der Waals surface area contributed by atoms with Gasteiger partial charge in [-0.15, -0.1) is 0 Å². The van der Waals surface area contributed by atoms with E-state index in [4.69, 9.17) is 4.74 Å². The van der Waals surface area contributed by atoms with Crippen molar-refractivity contribution in [1.82, 2.24) is 10.2 Å². The first-order chi connectivity index (χ1) is 9.62. The van der Waals surface area contributed by atoms with Crippen LogP contribution in [0.1, 0.15) is 12.8 Å². The number of carbonyl (C=O) groups excluding carboxylic acids is 1. The van der Waals surface area contributed by atoms with Crippen LogP contribution in [0, 0.1) is 0 Å². The topological polar surface area (TPSA) is 67.0 Å². The van der Waals surface area contributed by atoms with Crippen LogP contribution in [0.25, 0.3) is 11.3 Å². The summed E-state index contributed by atoms with van der Waals surface area (Å²) in [4.78, 5) is 11.6. The van der Waals surface area contributed by atoms with Crippen LogP contribution in [0.4, 0.5) is 10.2 Å². The third-order valence-electron chi connectivity index (χ3n) is 3.31. The predicted octanol–water partition coefficient (Wildman–Crippen LogP) is 2.53. The monoisotopic (exact) mass is 275 g/mol. The van der Waals surface area contributed by atoms with Crippen molar-refractivity contribution in [3.8, 4) is 17.0 Å². The molecule has 1 heterocycles. The third kappa shape index (κ3) is 2.24. The number of methoxy groups -OCH3 is 1.